The van der Waals surface area contributed by atoms with Gasteiger partial charge in [-0.2, -0.15) is 10.1 Å². The SMILES string of the molecule is CO/N=C(\C)C1(N(O)C(O)OC)C(=O)N(c2ccccc2)N=C1C. The molecule has 1 aliphatic rings. The summed E-state index contributed by atoms with van der Waals surface area (Å²) in [5, 5.41) is 29.9. The molecule has 0 radical (unpaired) electrons. The molecule has 0 bridgehead atoms. The molecule has 0 spiro atoms. The monoisotopic (exact) mass is 336 g/mol. The van der Waals surface area contributed by atoms with Crippen molar-refractivity contribution in [3.63, 3.8) is 0 Å². The Hall–Kier alpha value is -2.33. The van der Waals surface area contributed by atoms with Gasteiger partial charge in [0.1, 0.15) is 7.11 Å². The van der Waals surface area contributed by atoms with Crippen molar-refractivity contribution in [1.82, 2.24) is 5.06 Å². The summed E-state index contributed by atoms with van der Waals surface area (Å²) in [5.74, 6) is -0.622. The molecular weight excluding hydrogens is 316 g/mol. The van der Waals surface area contributed by atoms with Gasteiger partial charge < -0.3 is 19.9 Å². The number of hydroxylamine groups is 2. The van der Waals surface area contributed by atoms with Crippen LogP contribution in [0.1, 0.15) is 13.8 Å². The number of rotatable bonds is 6. The number of aliphatic hydroxyl groups excluding tert-OH is 1. The van der Waals surface area contributed by atoms with E-state index in [2.05, 4.69) is 10.3 Å². The van der Waals surface area contributed by atoms with Gasteiger partial charge in [0, 0.05) is 7.11 Å². The lowest BCUT2D eigenvalue weighted by atomic mass is 9.88. The van der Waals surface area contributed by atoms with Crippen LogP contribution in [-0.4, -0.2) is 58.9 Å². The predicted octanol–water partition coefficient (Wildman–Crippen LogP) is 0.784. The van der Waals surface area contributed by atoms with E-state index >= 15 is 0 Å². The smallest absolute Gasteiger partial charge is 0.282 e. The molecule has 1 aliphatic heterocycles. The Balaban J connectivity index is 2.58. The van der Waals surface area contributed by atoms with Gasteiger partial charge in [-0.15, -0.1) is 5.06 Å². The number of nitrogens with zero attached hydrogens (tertiary/aromatic N) is 4. The van der Waals surface area contributed by atoms with Crippen molar-refractivity contribution in [2.24, 2.45) is 10.3 Å². The minimum atomic E-state index is -1.85. The first-order chi connectivity index (χ1) is 11.4. The zero-order valence-corrected chi connectivity index (χ0v) is 13.9. The molecule has 1 aromatic rings. The van der Waals surface area contributed by atoms with Crippen molar-refractivity contribution in [3.05, 3.63) is 30.3 Å². The molecule has 1 aromatic carbocycles. The number of ether oxygens (including phenoxy) is 1. The van der Waals surface area contributed by atoms with Crippen molar-refractivity contribution in [1.29, 1.82) is 0 Å². The molecule has 0 aromatic heterocycles. The maximum Gasteiger partial charge on any atom is 0.282 e. The van der Waals surface area contributed by atoms with Crippen molar-refractivity contribution in [3.8, 4) is 0 Å². The number of carbonyl (C=O) groups excluding carboxylic acids is 1. The van der Waals surface area contributed by atoms with Crippen LogP contribution in [0.4, 0.5) is 5.69 Å². The predicted molar refractivity (Wildman–Crippen MR) is 86.5 cm³/mol. The number of hydrogen-bond donors (Lipinski definition) is 2. The molecule has 0 aliphatic carbocycles. The van der Waals surface area contributed by atoms with Crippen molar-refractivity contribution >= 4 is 23.0 Å². The van der Waals surface area contributed by atoms with Gasteiger partial charge in [0.25, 0.3) is 5.91 Å². The molecule has 1 heterocycles. The number of methoxy groups -OCH3 is 1. The highest BCUT2D eigenvalue weighted by atomic mass is 16.7. The number of para-hydroxylation sites is 1. The minimum Gasteiger partial charge on any atom is -0.399 e. The molecule has 2 N–H and O–H groups in total. The maximum atomic E-state index is 13.1. The topological polar surface area (TPSA) is 107 Å². The first kappa shape index (κ1) is 18.0. The van der Waals surface area contributed by atoms with Gasteiger partial charge in [-0.05, 0) is 26.0 Å². The van der Waals surface area contributed by atoms with E-state index in [0.29, 0.717) is 10.8 Å². The summed E-state index contributed by atoms with van der Waals surface area (Å²) in [6.45, 7) is 3.03. The van der Waals surface area contributed by atoms with Crippen LogP contribution in [0, 0.1) is 0 Å². The Morgan fingerprint density at radius 1 is 1.38 bits per heavy atom. The number of carbonyl (C=O) groups is 1. The van der Waals surface area contributed by atoms with E-state index in [4.69, 9.17) is 9.57 Å². The van der Waals surface area contributed by atoms with Crippen LogP contribution in [0.2, 0.25) is 0 Å². The van der Waals surface area contributed by atoms with Gasteiger partial charge in [0.15, 0.2) is 0 Å². The lowest BCUT2D eigenvalue weighted by molar-refractivity contribution is -0.304. The number of aliphatic hydroxyl groups is 1. The molecule has 2 rings (SSSR count). The normalized spacial score (nSPS) is 22.8. The number of hydrazone groups is 1. The highest BCUT2D eigenvalue weighted by molar-refractivity contribution is 6.36. The average molecular weight is 336 g/mol. The fourth-order valence-corrected chi connectivity index (χ4v) is 2.63. The quantitative estimate of drug-likeness (QED) is 0.452. The summed E-state index contributed by atoms with van der Waals surface area (Å²) in [6.07, 6.45) is -1.77. The molecule has 24 heavy (non-hydrogen) atoms. The van der Waals surface area contributed by atoms with E-state index < -0.39 is 17.9 Å². The zero-order valence-electron chi connectivity index (χ0n) is 13.9. The third-order valence-electron chi connectivity index (χ3n) is 3.79. The van der Waals surface area contributed by atoms with Crippen LogP contribution in [0.25, 0.3) is 0 Å². The number of anilines is 1. The van der Waals surface area contributed by atoms with Gasteiger partial charge in [0.2, 0.25) is 12.0 Å². The summed E-state index contributed by atoms with van der Waals surface area (Å²) < 4.78 is 4.73. The molecule has 130 valence electrons. The Morgan fingerprint density at radius 2 is 2.00 bits per heavy atom. The van der Waals surface area contributed by atoms with E-state index in [0.717, 1.165) is 5.01 Å². The second-order valence-corrected chi connectivity index (χ2v) is 5.11. The average Bonchev–Trinajstić information content (AvgIpc) is 2.86. The van der Waals surface area contributed by atoms with E-state index in [1.54, 1.807) is 37.3 Å². The van der Waals surface area contributed by atoms with E-state index in [1.165, 1.54) is 21.1 Å². The molecule has 9 nitrogen and oxygen atoms in total. The Morgan fingerprint density at radius 3 is 2.54 bits per heavy atom. The Kier molecular flexibility index (Phi) is 5.30. The van der Waals surface area contributed by atoms with Crippen molar-refractivity contribution in [2.45, 2.75) is 25.8 Å². The third-order valence-corrected chi connectivity index (χ3v) is 3.79. The zero-order chi connectivity index (χ0) is 17.9. The number of oxime groups is 1. The fraction of sp³-hybridized carbons (Fsp3) is 0.400. The molecule has 0 saturated carbocycles. The van der Waals surface area contributed by atoms with Gasteiger partial charge >= 0.3 is 0 Å². The Labute approximate surface area is 139 Å². The highest BCUT2D eigenvalue weighted by Crippen LogP contribution is 2.32. The third kappa shape index (κ3) is 2.67. The van der Waals surface area contributed by atoms with Crippen LogP contribution in [0.3, 0.4) is 0 Å². The van der Waals surface area contributed by atoms with Crippen LogP contribution >= 0.6 is 0 Å². The lowest BCUT2D eigenvalue weighted by Gasteiger charge is -2.36. The Bertz CT molecular complexity index is 663. The van der Waals surface area contributed by atoms with Gasteiger partial charge in [-0.1, -0.05) is 23.4 Å². The van der Waals surface area contributed by atoms with E-state index in [9.17, 15) is 15.1 Å². The van der Waals surface area contributed by atoms with Crippen LogP contribution < -0.4 is 5.01 Å². The summed E-state index contributed by atoms with van der Waals surface area (Å²) in [4.78, 5) is 17.9. The van der Waals surface area contributed by atoms with Gasteiger partial charge in [-0.25, -0.2) is 0 Å². The molecule has 0 fully saturated rings. The molecule has 0 saturated heterocycles. The van der Waals surface area contributed by atoms with E-state index in [-0.39, 0.29) is 11.4 Å². The lowest BCUT2D eigenvalue weighted by Crippen LogP contribution is -2.65. The first-order valence-electron chi connectivity index (χ1n) is 7.13. The number of amides is 1. The van der Waals surface area contributed by atoms with Crippen molar-refractivity contribution in [2.75, 3.05) is 19.2 Å². The number of benzene rings is 1. The molecule has 9 heteroatoms. The molecule has 1 amide bonds. The van der Waals surface area contributed by atoms with Gasteiger partial charge in [0.05, 0.1) is 17.1 Å². The highest BCUT2D eigenvalue weighted by Gasteiger charge is 2.59. The summed E-state index contributed by atoms with van der Waals surface area (Å²) >= 11 is 0. The van der Waals surface area contributed by atoms with E-state index in [1.807, 2.05) is 0 Å². The minimum absolute atomic E-state index is 0.0910. The number of hydrogen-bond acceptors (Lipinski definition) is 8. The van der Waals surface area contributed by atoms with Crippen molar-refractivity contribution < 1.29 is 24.7 Å². The second-order valence-electron chi connectivity index (χ2n) is 5.11. The largest absolute Gasteiger partial charge is 0.399 e. The maximum absolute atomic E-state index is 13.1. The molecule has 2 atom stereocenters. The standard InChI is InChI=1S/C15H20N4O5/c1-10-15(11(2)17-24-4,19(22)14(21)23-3)13(20)18(16-10)12-8-6-5-7-9-12/h5-9,14,21-22H,1-4H3/b17-11+. The van der Waals surface area contributed by atoms with Crippen LogP contribution in [-0.2, 0) is 14.4 Å². The second kappa shape index (κ2) is 7.05. The van der Waals surface area contributed by atoms with Crippen LogP contribution in [0.15, 0.2) is 40.6 Å². The molecular formula is C15H20N4O5. The molecule has 2 unspecified atom stereocenters. The summed E-state index contributed by atoms with van der Waals surface area (Å²) in [5.41, 5.74) is -1.04. The summed E-state index contributed by atoms with van der Waals surface area (Å²) in [7, 11) is 2.50. The fourth-order valence-electron chi connectivity index (χ4n) is 2.63. The first-order valence-corrected chi connectivity index (χ1v) is 7.13. The summed E-state index contributed by atoms with van der Waals surface area (Å²) in [6, 6.07) is 8.71. The van der Waals surface area contributed by atoms with Crippen LogP contribution in [0.5, 0.6) is 0 Å². The van der Waals surface area contributed by atoms with Gasteiger partial charge in [-0.3, -0.25) is 4.79 Å².